The van der Waals surface area contributed by atoms with E-state index in [1.165, 1.54) is 0 Å². The number of aromatic nitrogens is 1. The molecule has 0 atom stereocenters. The van der Waals surface area contributed by atoms with E-state index in [0.717, 1.165) is 11.1 Å². The molecular weight excluding hydrogens is 280 g/mol. The number of amides is 1. The van der Waals surface area contributed by atoms with E-state index in [0.29, 0.717) is 11.1 Å². The van der Waals surface area contributed by atoms with Crippen molar-refractivity contribution in [1.82, 2.24) is 10.3 Å². The van der Waals surface area contributed by atoms with Gasteiger partial charge in [-0.2, -0.15) is 0 Å². The summed E-state index contributed by atoms with van der Waals surface area (Å²) in [6, 6.07) is 8.75. The molecule has 0 saturated carbocycles. The maximum atomic E-state index is 12.0. The van der Waals surface area contributed by atoms with E-state index < -0.39 is 0 Å². The Morgan fingerprint density at radius 2 is 1.86 bits per heavy atom. The van der Waals surface area contributed by atoms with Crippen molar-refractivity contribution in [3.63, 3.8) is 0 Å². The summed E-state index contributed by atoms with van der Waals surface area (Å²) in [7, 11) is 0. The Balaban J connectivity index is 1.80. The fourth-order valence-corrected chi connectivity index (χ4v) is 1.96. The molecule has 0 aliphatic heterocycles. The van der Waals surface area contributed by atoms with Crippen LogP contribution in [0.3, 0.4) is 0 Å². The molecule has 0 unspecified atom stereocenters. The van der Waals surface area contributed by atoms with Crippen LogP contribution in [0.1, 0.15) is 31.8 Å². The average Bonchev–Trinajstić information content (AvgIpc) is 2.54. The van der Waals surface area contributed by atoms with Gasteiger partial charge in [0.2, 0.25) is 0 Å². The SMILES string of the molecule is Cc1cccc(C(=O)OCCNC(=O)c2ccncc2)c1C. The normalized spacial score (nSPS) is 10.1. The summed E-state index contributed by atoms with van der Waals surface area (Å²) in [5.74, 6) is -0.593. The smallest absolute Gasteiger partial charge is 0.338 e. The van der Waals surface area contributed by atoms with Gasteiger partial charge in [0.05, 0.1) is 12.1 Å². The second kappa shape index (κ2) is 7.36. The number of rotatable bonds is 5. The Morgan fingerprint density at radius 1 is 1.14 bits per heavy atom. The highest BCUT2D eigenvalue weighted by atomic mass is 16.5. The maximum absolute atomic E-state index is 12.0. The van der Waals surface area contributed by atoms with Gasteiger partial charge in [0.1, 0.15) is 6.61 Å². The number of pyridine rings is 1. The first-order valence-corrected chi connectivity index (χ1v) is 7.01. The molecule has 0 bridgehead atoms. The van der Waals surface area contributed by atoms with Gasteiger partial charge in [-0.05, 0) is 43.2 Å². The first kappa shape index (κ1) is 15.7. The van der Waals surface area contributed by atoms with Crippen LogP contribution in [-0.2, 0) is 4.74 Å². The fraction of sp³-hybridized carbons (Fsp3) is 0.235. The first-order valence-electron chi connectivity index (χ1n) is 7.01. The van der Waals surface area contributed by atoms with Crippen LogP contribution in [0.15, 0.2) is 42.7 Å². The molecule has 2 rings (SSSR count). The number of carbonyl (C=O) groups is 2. The summed E-state index contributed by atoms with van der Waals surface area (Å²) in [5.41, 5.74) is 3.03. The van der Waals surface area contributed by atoms with Crippen molar-refractivity contribution < 1.29 is 14.3 Å². The molecule has 22 heavy (non-hydrogen) atoms. The van der Waals surface area contributed by atoms with Crippen LogP contribution in [0, 0.1) is 13.8 Å². The lowest BCUT2D eigenvalue weighted by Gasteiger charge is -2.09. The van der Waals surface area contributed by atoms with Crippen molar-refractivity contribution >= 4 is 11.9 Å². The molecule has 0 fully saturated rings. The molecule has 1 amide bonds. The second-order valence-corrected chi connectivity index (χ2v) is 4.88. The zero-order valence-corrected chi connectivity index (χ0v) is 12.6. The van der Waals surface area contributed by atoms with E-state index in [1.54, 1.807) is 30.6 Å². The minimum atomic E-state index is -0.376. The molecular formula is C17H18N2O3. The number of carbonyl (C=O) groups excluding carboxylic acids is 2. The number of nitrogens with zero attached hydrogens (tertiary/aromatic N) is 1. The van der Waals surface area contributed by atoms with Crippen molar-refractivity contribution in [2.75, 3.05) is 13.2 Å². The van der Waals surface area contributed by atoms with Crippen LogP contribution in [0.2, 0.25) is 0 Å². The number of hydrogen-bond acceptors (Lipinski definition) is 4. The van der Waals surface area contributed by atoms with E-state index in [4.69, 9.17) is 4.74 Å². The number of hydrogen-bond donors (Lipinski definition) is 1. The van der Waals surface area contributed by atoms with E-state index in [1.807, 2.05) is 26.0 Å². The van der Waals surface area contributed by atoms with Gasteiger partial charge in [0.15, 0.2) is 0 Å². The van der Waals surface area contributed by atoms with Gasteiger partial charge >= 0.3 is 5.97 Å². The van der Waals surface area contributed by atoms with Crippen molar-refractivity contribution in [3.05, 3.63) is 65.0 Å². The molecule has 1 aromatic heterocycles. The third-order valence-electron chi connectivity index (χ3n) is 3.39. The van der Waals surface area contributed by atoms with Gasteiger partial charge in [-0.25, -0.2) is 4.79 Å². The summed E-state index contributed by atoms with van der Waals surface area (Å²) < 4.78 is 5.18. The van der Waals surface area contributed by atoms with Crippen LogP contribution in [0.5, 0.6) is 0 Å². The van der Waals surface area contributed by atoms with Crippen molar-refractivity contribution in [1.29, 1.82) is 0 Å². The summed E-state index contributed by atoms with van der Waals surface area (Å²) in [6.07, 6.45) is 3.10. The Labute approximate surface area is 129 Å². The standard InChI is InChI=1S/C17H18N2O3/c1-12-4-3-5-15(13(12)2)17(21)22-11-10-19-16(20)14-6-8-18-9-7-14/h3-9H,10-11H2,1-2H3,(H,19,20). The van der Waals surface area contributed by atoms with Gasteiger partial charge in [0, 0.05) is 18.0 Å². The predicted octanol–water partition coefficient (Wildman–Crippen LogP) is 2.29. The lowest BCUT2D eigenvalue weighted by molar-refractivity contribution is 0.0502. The monoisotopic (exact) mass is 298 g/mol. The Bertz CT molecular complexity index is 669. The number of esters is 1. The van der Waals surface area contributed by atoms with Gasteiger partial charge in [-0.1, -0.05) is 12.1 Å². The molecule has 0 saturated heterocycles. The van der Waals surface area contributed by atoms with E-state index in [-0.39, 0.29) is 25.0 Å². The van der Waals surface area contributed by atoms with Crippen LogP contribution < -0.4 is 5.32 Å². The topological polar surface area (TPSA) is 68.3 Å². The number of benzene rings is 1. The van der Waals surface area contributed by atoms with Crippen LogP contribution in [0.4, 0.5) is 0 Å². The van der Waals surface area contributed by atoms with Gasteiger partial charge in [0.25, 0.3) is 5.91 Å². The fourth-order valence-electron chi connectivity index (χ4n) is 1.96. The molecule has 0 aliphatic rings. The van der Waals surface area contributed by atoms with Gasteiger partial charge < -0.3 is 10.1 Å². The Morgan fingerprint density at radius 3 is 2.59 bits per heavy atom. The molecule has 1 N–H and O–H groups in total. The van der Waals surface area contributed by atoms with Gasteiger partial charge in [-0.15, -0.1) is 0 Å². The Kier molecular flexibility index (Phi) is 5.25. The minimum absolute atomic E-state index is 0.128. The zero-order valence-electron chi connectivity index (χ0n) is 12.6. The molecule has 0 radical (unpaired) electrons. The van der Waals surface area contributed by atoms with Crippen molar-refractivity contribution in [3.8, 4) is 0 Å². The van der Waals surface area contributed by atoms with Crippen LogP contribution in [0.25, 0.3) is 0 Å². The third-order valence-corrected chi connectivity index (χ3v) is 3.39. The summed E-state index contributed by atoms with van der Waals surface area (Å²) in [5, 5.41) is 2.69. The van der Waals surface area contributed by atoms with E-state index >= 15 is 0 Å². The lowest BCUT2D eigenvalue weighted by Crippen LogP contribution is -2.28. The highest BCUT2D eigenvalue weighted by Crippen LogP contribution is 2.13. The first-order chi connectivity index (χ1) is 10.6. The van der Waals surface area contributed by atoms with Crippen LogP contribution in [-0.4, -0.2) is 30.0 Å². The molecule has 1 aromatic carbocycles. The second-order valence-electron chi connectivity index (χ2n) is 4.88. The zero-order chi connectivity index (χ0) is 15.9. The number of nitrogens with one attached hydrogen (secondary N) is 1. The molecule has 5 nitrogen and oxygen atoms in total. The van der Waals surface area contributed by atoms with Crippen molar-refractivity contribution in [2.45, 2.75) is 13.8 Å². The molecule has 0 spiro atoms. The molecule has 1 heterocycles. The summed E-state index contributed by atoms with van der Waals surface area (Å²) >= 11 is 0. The molecule has 5 heteroatoms. The van der Waals surface area contributed by atoms with Crippen LogP contribution >= 0.6 is 0 Å². The predicted molar refractivity (Wildman–Crippen MR) is 82.8 cm³/mol. The Hall–Kier alpha value is -2.69. The summed E-state index contributed by atoms with van der Waals surface area (Å²) in [4.78, 5) is 27.6. The highest BCUT2D eigenvalue weighted by molar-refractivity contribution is 5.94. The maximum Gasteiger partial charge on any atom is 0.338 e. The van der Waals surface area contributed by atoms with E-state index in [2.05, 4.69) is 10.3 Å². The average molecular weight is 298 g/mol. The molecule has 2 aromatic rings. The molecule has 0 aliphatic carbocycles. The summed E-state index contributed by atoms with van der Waals surface area (Å²) in [6.45, 7) is 4.22. The molecule has 114 valence electrons. The largest absolute Gasteiger partial charge is 0.460 e. The number of ether oxygens (including phenoxy) is 1. The van der Waals surface area contributed by atoms with Crippen molar-refractivity contribution in [2.24, 2.45) is 0 Å². The highest BCUT2D eigenvalue weighted by Gasteiger charge is 2.11. The lowest BCUT2D eigenvalue weighted by atomic mass is 10.0. The quantitative estimate of drug-likeness (QED) is 0.679. The third kappa shape index (κ3) is 3.91. The van der Waals surface area contributed by atoms with E-state index in [9.17, 15) is 9.59 Å². The minimum Gasteiger partial charge on any atom is -0.460 e. The number of aryl methyl sites for hydroxylation is 1. The van der Waals surface area contributed by atoms with Gasteiger partial charge in [-0.3, -0.25) is 9.78 Å².